The van der Waals surface area contributed by atoms with E-state index in [0.717, 1.165) is 32.1 Å². The van der Waals surface area contributed by atoms with Crippen molar-refractivity contribution < 1.29 is 9.90 Å². The number of hydrogen-bond donors (Lipinski definition) is 3. The first kappa shape index (κ1) is 15.4. The fraction of sp³-hybridized carbons (Fsp3) is 0.929. The number of aliphatic hydroxyl groups is 1. The average Bonchev–Trinajstić information content (AvgIpc) is 2.30. The molecule has 1 aliphatic carbocycles. The van der Waals surface area contributed by atoms with E-state index in [0.29, 0.717) is 18.9 Å². The largest absolute Gasteiger partial charge is 0.391 e. The number of aliphatic hydroxyl groups excluding tert-OH is 1. The predicted molar refractivity (Wildman–Crippen MR) is 73.0 cm³/mol. The van der Waals surface area contributed by atoms with Gasteiger partial charge in [0.25, 0.3) is 0 Å². The van der Waals surface area contributed by atoms with E-state index in [-0.39, 0.29) is 24.0 Å². The van der Waals surface area contributed by atoms with Crippen molar-refractivity contribution in [3.8, 4) is 0 Å². The molecule has 1 fully saturated rings. The van der Waals surface area contributed by atoms with Crippen LogP contribution in [-0.2, 0) is 4.79 Å². The van der Waals surface area contributed by atoms with Crippen LogP contribution in [0.25, 0.3) is 0 Å². The minimum atomic E-state index is -0.371. The van der Waals surface area contributed by atoms with Crippen molar-refractivity contribution in [1.82, 2.24) is 5.32 Å². The van der Waals surface area contributed by atoms with Gasteiger partial charge < -0.3 is 16.2 Å². The third kappa shape index (κ3) is 5.36. The van der Waals surface area contributed by atoms with Crippen LogP contribution < -0.4 is 11.1 Å². The molecule has 1 rings (SSSR count). The van der Waals surface area contributed by atoms with E-state index < -0.39 is 0 Å². The van der Waals surface area contributed by atoms with Crippen molar-refractivity contribution in [2.24, 2.45) is 17.6 Å². The first-order valence-corrected chi connectivity index (χ1v) is 7.20. The molecule has 1 saturated carbocycles. The third-order valence-electron chi connectivity index (χ3n) is 3.69. The Balaban J connectivity index is 2.34. The summed E-state index contributed by atoms with van der Waals surface area (Å²) in [6, 6.07) is -0.0521. The van der Waals surface area contributed by atoms with Gasteiger partial charge in [0.15, 0.2) is 0 Å². The van der Waals surface area contributed by atoms with Crippen LogP contribution in [-0.4, -0.2) is 29.7 Å². The molecule has 0 saturated heterocycles. The summed E-state index contributed by atoms with van der Waals surface area (Å²) in [4.78, 5) is 11.9. The van der Waals surface area contributed by atoms with Gasteiger partial charge in [-0.15, -0.1) is 0 Å². The molecule has 0 spiro atoms. The summed E-state index contributed by atoms with van der Waals surface area (Å²) in [6.45, 7) is 4.84. The molecule has 0 aromatic rings. The fourth-order valence-electron chi connectivity index (χ4n) is 2.74. The molecule has 4 heteroatoms. The maximum atomic E-state index is 11.9. The highest BCUT2D eigenvalue weighted by molar-refractivity contribution is 5.76. The van der Waals surface area contributed by atoms with E-state index in [4.69, 9.17) is 5.73 Å². The molecular weight excluding hydrogens is 228 g/mol. The lowest BCUT2D eigenvalue weighted by Crippen LogP contribution is -2.45. The maximum absolute atomic E-state index is 11.9. The Labute approximate surface area is 110 Å². The Kier molecular flexibility index (Phi) is 6.65. The smallest absolute Gasteiger partial charge is 0.220 e. The molecule has 1 aliphatic rings. The summed E-state index contributed by atoms with van der Waals surface area (Å²) in [5.41, 5.74) is 5.70. The topological polar surface area (TPSA) is 75.4 Å². The zero-order valence-electron chi connectivity index (χ0n) is 11.7. The van der Waals surface area contributed by atoms with Gasteiger partial charge in [-0.05, 0) is 37.6 Å². The average molecular weight is 256 g/mol. The van der Waals surface area contributed by atoms with Crippen LogP contribution >= 0.6 is 0 Å². The number of carbonyl (C=O) groups is 1. The van der Waals surface area contributed by atoms with E-state index >= 15 is 0 Å². The van der Waals surface area contributed by atoms with Gasteiger partial charge in [-0.3, -0.25) is 4.79 Å². The van der Waals surface area contributed by atoms with Crippen molar-refractivity contribution >= 4 is 5.91 Å². The Bertz CT molecular complexity index is 256. The van der Waals surface area contributed by atoms with Crippen LogP contribution in [0.15, 0.2) is 0 Å². The molecule has 0 heterocycles. The molecule has 1 amide bonds. The SMILES string of the molecule is CC(C)C[C@H](CN)CC(=O)N[C@@H]1CCCC[C@H]1O. The molecule has 3 atom stereocenters. The van der Waals surface area contributed by atoms with Gasteiger partial charge >= 0.3 is 0 Å². The maximum Gasteiger partial charge on any atom is 0.220 e. The zero-order valence-corrected chi connectivity index (χ0v) is 11.7. The van der Waals surface area contributed by atoms with Crippen LogP contribution in [0.2, 0.25) is 0 Å². The van der Waals surface area contributed by atoms with Crippen molar-refractivity contribution in [2.75, 3.05) is 6.54 Å². The standard InChI is InChI=1S/C14H28N2O2/c1-10(2)7-11(9-15)8-14(18)16-12-5-3-4-6-13(12)17/h10-13,17H,3-9,15H2,1-2H3,(H,16,18)/t11-,12+,13+/m0/s1. The van der Waals surface area contributed by atoms with Gasteiger partial charge in [-0.2, -0.15) is 0 Å². The Morgan fingerprint density at radius 1 is 1.39 bits per heavy atom. The van der Waals surface area contributed by atoms with E-state index in [1.807, 2.05) is 0 Å². The summed E-state index contributed by atoms with van der Waals surface area (Å²) in [5.74, 6) is 0.856. The van der Waals surface area contributed by atoms with E-state index in [2.05, 4.69) is 19.2 Å². The molecule has 106 valence electrons. The van der Waals surface area contributed by atoms with Crippen molar-refractivity contribution in [3.63, 3.8) is 0 Å². The van der Waals surface area contributed by atoms with Crippen molar-refractivity contribution in [1.29, 1.82) is 0 Å². The van der Waals surface area contributed by atoms with Gasteiger partial charge in [0.2, 0.25) is 5.91 Å². The normalized spacial score (nSPS) is 26.1. The first-order chi connectivity index (χ1) is 8.52. The predicted octanol–water partition coefficient (Wildman–Crippen LogP) is 1.42. The van der Waals surface area contributed by atoms with Crippen LogP contribution in [0.3, 0.4) is 0 Å². The highest BCUT2D eigenvalue weighted by Gasteiger charge is 2.25. The summed E-state index contributed by atoms with van der Waals surface area (Å²) in [7, 11) is 0. The third-order valence-corrected chi connectivity index (χ3v) is 3.69. The summed E-state index contributed by atoms with van der Waals surface area (Å²) < 4.78 is 0. The van der Waals surface area contributed by atoms with Crippen LogP contribution in [0.5, 0.6) is 0 Å². The lowest BCUT2D eigenvalue weighted by Gasteiger charge is -2.29. The van der Waals surface area contributed by atoms with E-state index in [1.165, 1.54) is 0 Å². The molecule has 18 heavy (non-hydrogen) atoms. The van der Waals surface area contributed by atoms with Gasteiger partial charge in [-0.25, -0.2) is 0 Å². The molecule has 0 aromatic carbocycles. The van der Waals surface area contributed by atoms with Gasteiger partial charge in [0.05, 0.1) is 12.1 Å². The monoisotopic (exact) mass is 256 g/mol. The quantitative estimate of drug-likeness (QED) is 0.672. The summed E-state index contributed by atoms with van der Waals surface area (Å²) in [5, 5.41) is 12.8. The molecule has 0 radical (unpaired) electrons. The lowest BCUT2D eigenvalue weighted by molar-refractivity contribution is -0.124. The second-order valence-corrected chi connectivity index (χ2v) is 5.96. The van der Waals surface area contributed by atoms with Crippen molar-refractivity contribution in [3.05, 3.63) is 0 Å². The van der Waals surface area contributed by atoms with Crippen LogP contribution in [0.1, 0.15) is 52.4 Å². The number of amides is 1. The Morgan fingerprint density at radius 2 is 2.06 bits per heavy atom. The fourth-order valence-corrected chi connectivity index (χ4v) is 2.74. The molecule has 0 bridgehead atoms. The first-order valence-electron chi connectivity index (χ1n) is 7.20. The molecule has 0 unspecified atom stereocenters. The number of rotatable bonds is 6. The second kappa shape index (κ2) is 7.74. The molecule has 0 aromatic heterocycles. The molecule has 0 aliphatic heterocycles. The number of nitrogens with one attached hydrogen (secondary N) is 1. The van der Waals surface area contributed by atoms with Crippen LogP contribution in [0.4, 0.5) is 0 Å². The summed E-state index contributed by atoms with van der Waals surface area (Å²) >= 11 is 0. The highest BCUT2D eigenvalue weighted by atomic mass is 16.3. The highest BCUT2D eigenvalue weighted by Crippen LogP contribution is 2.19. The Hall–Kier alpha value is -0.610. The Morgan fingerprint density at radius 3 is 2.61 bits per heavy atom. The van der Waals surface area contributed by atoms with Crippen molar-refractivity contribution in [2.45, 2.75) is 64.5 Å². The van der Waals surface area contributed by atoms with Gasteiger partial charge in [-0.1, -0.05) is 26.7 Å². The van der Waals surface area contributed by atoms with Gasteiger partial charge in [0.1, 0.15) is 0 Å². The number of nitrogens with two attached hydrogens (primary N) is 1. The number of hydrogen-bond acceptors (Lipinski definition) is 3. The second-order valence-electron chi connectivity index (χ2n) is 5.96. The van der Waals surface area contributed by atoms with Crippen LogP contribution in [0, 0.1) is 11.8 Å². The van der Waals surface area contributed by atoms with Gasteiger partial charge in [0, 0.05) is 6.42 Å². The minimum absolute atomic E-state index is 0.0389. The minimum Gasteiger partial charge on any atom is -0.391 e. The summed E-state index contributed by atoms with van der Waals surface area (Å²) in [6.07, 6.45) is 4.95. The zero-order chi connectivity index (χ0) is 13.5. The number of carbonyl (C=O) groups excluding carboxylic acids is 1. The molecular formula is C14H28N2O2. The van der Waals surface area contributed by atoms with E-state index in [1.54, 1.807) is 0 Å². The molecule has 4 N–H and O–H groups in total. The molecule has 4 nitrogen and oxygen atoms in total. The lowest BCUT2D eigenvalue weighted by atomic mass is 9.91. The van der Waals surface area contributed by atoms with E-state index in [9.17, 15) is 9.90 Å².